The molecule has 0 amide bonds. The number of aromatic nitrogens is 2. The highest BCUT2D eigenvalue weighted by molar-refractivity contribution is 5.74. The Bertz CT molecular complexity index is 1070. The van der Waals surface area contributed by atoms with Crippen LogP contribution in [0.25, 0.3) is 11.1 Å². The van der Waals surface area contributed by atoms with Gasteiger partial charge in [-0.05, 0) is 80.1 Å². The van der Waals surface area contributed by atoms with Crippen molar-refractivity contribution in [2.75, 3.05) is 45.9 Å². The number of nitrogens with zero attached hydrogens (tertiary/aromatic N) is 3. The normalized spacial score (nSPS) is 15.9. The van der Waals surface area contributed by atoms with Crippen LogP contribution in [0.15, 0.2) is 54.9 Å². The second kappa shape index (κ2) is 13.4. The molecule has 7 nitrogen and oxygen atoms in total. The molecule has 4 rings (SSSR count). The number of aliphatic hydroxyl groups is 1. The average molecular weight is 493 g/mol. The molecule has 1 atom stereocenters. The zero-order valence-electron chi connectivity index (χ0n) is 21.7. The minimum Gasteiger partial charge on any atom is -0.493 e. The van der Waals surface area contributed by atoms with Crippen LogP contribution in [0.3, 0.4) is 0 Å². The van der Waals surface area contributed by atoms with Gasteiger partial charge in [0.05, 0.1) is 25.9 Å². The van der Waals surface area contributed by atoms with Crippen LogP contribution in [-0.4, -0.2) is 71.8 Å². The van der Waals surface area contributed by atoms with Crippen LogP contribution >= 0.6 is 0 Å². The average Bonchev–Trinajstić information content (AvgIpc) is 3.55. The molecule has 0 radical (unpaired) electrons. The lowest BCUT2D eigenvalue weighted by Gasteiger charge is -2.18. The third kappa shape index (κ3) is 7.32. The van der Waals surface area contributed by atoms with E-state index in [1.54, 1.807) is 6.20 Å². The van der Waals surface area contributed by atoms with E-state index in [9.17, 15) is 5.11 Å². The summed E-state index contributed by atoms with van der Waals surface area (Å²) in [5, 5.41) is 17.3. The summed E-state index contributed by atoms with van der Waals surface area (Å²) in [6.45, 7) is 11.0. The number of β-amino-alcohol motifs (C(OH)–C–C–N with tert-alkyl or cyclic N) is 1. The Morgan fingerprint density at radius 1 is 0.917 bits per heavy atom. The number of ether oxygens (including phenoxy) is 2. The van der Waals surface area contributed by atoms with E-state index in [0.717, 1.165) is 81.2 Å². The van der Waals surface area contributed by atoms with Crippen molar-refractivity contribution in [2.45, 2.75) is 45.8 Å². The van der Waals surface area contributed by atoms with Gasteiger partial charge in [-0.15, -0.1) is 0 Å². The van der Waals surface area contributed by atoms with Crippen molar-refractivity contribution in [2.24, 2.45) is 0 Å². The highest BCUT2D eigenvalue weighted by atomic mass is 16.5. The summed E-state index contributed by atoms with van der Waals surface area (Å²) in [6, 6.07) is 14.5. The molecule has 194 valence electrons. The minimum atomic E-state index is -0.164. The fourth-order valence-electron chi connectivity index (χ4n) is 4.74. The third-order valence-electron chi connectivity index (χ3n) is 6.81. The van der Waals surface area contributed by atoms with E-state index in [2.05, 4.69) is 59.5 Å². The summed E-state index contributed by atoms with van der Waals surface area (Å²) in [6.07, 6.45) is 6.40. The molecular formula is C29H40N4O3. The maximum absolute atomic E-state index is 9.69. The predicted octanol–water partition coefficient (Wildman–Crippen LogP) is 4.06. The van der Waals surface area contributed by atoms with Gasteiger partial charge in [-0.1, -0.05) is 24.3 Å². The lowest BCUT2D eigenvalue weighted by molar-refractivity contribution is 0.173. The van der Waals surface area contributed by atoms with E-state index in [4.69, 9.17) is 9.47 Å². The number of likely N-dealkylation sites (tertiary alicyclic amines) is 1. The Morgan fingerprint density at radius 2 is 1.61 bits per heavy atom. The molecule has 1 aliphatic heterocycles. The maximum Gasteiger partial charge on any atom is 0.122 e. The Kier molecular flexibility index (Phi) is 9.78. The Labute approximate surface area is 215 Å². The number of rotatable bonds is 14. The van der Waals surface area contributed by atoms with Gasteiger partial charge in [0.15, 0.2) is 0 Å². The van der Waals surface area contributed by atoms with Crippen LogP contribution in [0, 0.1) is 13.8 Å². The number of aliphatic hydroxyl groups excluding tert-OH is 1. The Morgan fingerprint density at radius 3 is 2.22 bits per heavy atom. The highest BCUT2D eigenvalue weighted by Gasteiger charge is 2.19. The van der Waals surface area contributed by atoms with Gasteiger partial charge in [0.1, 0.15) is 11.5 Å². The Balaban J connectivity index is 1.25. The summed E-state index contributed by atoms with van der Waals surface area (Å²) >= 11 is 0. The summed E-state index contributed by atoms with van der Waals surface area (Å²) in [7, 11) is 0. The molecule has 0 aliphatic carbocycles. The standard InChI is InChI=1S/C29H40N4O3/c1-23-26(8-3-10-28(23)35-20-6-13-30-15-19-33-17-5-14-31-33)27-9-4-11-29(24(27)2)36-21-7-16-32-18-12-25(34)22-32/h3-5,8-11,14,17,25,30,34H,6-7,12-13,15-16,18-22H2,1-2H3/t25-/m1/s1. The monoisotopic (exact) mass is 492 g/mol. The fourth-order valence-corrected chi connectivity index (χ4v) is 4.74. The van der Waals surface area contributed by atoms with Gasteiger partial charge in [-0.2, -0.15) is 5.10 Å². The molecule has 2 heterocycles. The minimum absolute atomic E-state index is 0.164. The van der Waals surface area contributed by atoms with Crippen molar-refractivity contribution in [3.63, 3.8) is 0 Å². The van der Waals surface area contributed by atoms with Gasteiger partial charge >= 0.3 is 0 Å². The quantitative estimate of drug-likeness (QED) is 0.331. The van der Waals surface area contributed by atoms with E-state index in [0.29, 0.717) is 13.2 Å². The zero-order valence-corrected chi connectivity index (χ0v) is 21.7. The topological polar surface area (TPSA) is 71.8 Å². The summed E-state index contributed by atoms with van der Waals surface area (Å²) in [4.78, 5) is 2.31. The number of benzene rings is 2. The molecule has 0 bridgehead atoms. The highest BCUT2D eigenvalue weighted by Crippen LogP contribution is 2.35. The van der Waals surface area contributed by atoms with E-state index < -0.39 is 0 Å². The molecule has 1 aromatic heterocycles. The first kappa shape index (κ1) is 26.2. The van der Waals surface area contributed by atoms with E-state index in [1.165, 1.54) is 11.1 Å². The smallest absolute Gasteiger partial charge is 0.122 e. The molecule has 0 saturated carbocycles. The Hall–Kier alpha value is -2.87. The van der Waals surface area contributed by atoms with Crippen LogP contribution in [0.4, 0.5) is 0 Å². The van der Waals surface area contributed by atoms with Crippen LogP contribution in [-0.2, 0) is 6.54 Å². The molecule has 3 aromatic rings. The molecule has 7 heteroatoms. The van der Waals surface area contributed by atoms with Gasteiger partial charge in [-0.3, -0.25) is 4.68 Å². The van der Waals surface area contributed by atoms with Gasteiger partial charge < -0.3 is 24.8 Å². The van der Waals surface area contributed by atoms with E-state index in [1.807, 2.05) is 23.0 Å². The van der Waals surface area contributed by atoms with E-state index >= 15 is 0 Å². The van der Waals surface area contributed by atoms with Gasteiger partial charge in [0.2, 0.25) is 0 Å². The van der Waals surface area contributed by atoms with Crippen molar-refractivity contribution in [1.29, 1.82) is 0 Å². The van der Waals surface area contributed by atoms with Crippen LogP contribution < -0.4 is 14.8 Å². The lowest BCUT2D eigenvalue weighted by atomic mass is 9.95. The first-order valence-corrected chi connectivity index (χ1v) is 13.2. The van der Waals surface area contributed by atoms with Crippen molar-refractivity contribution in [3.8, 4) is 22.6 Å². The molecule has 0 unspecified atom stereocenters. The third-order valence-corrected chi connectivity index (χ3v) is 6.81. The molecule has 1 fully saturated rings. The van der Waals surface area contributed by atoms with E-state index in [-0.39, 0.29) is 6.10 Å². The second-order valence-corrected chi connectivity index (χ2v) is 9.52. The molecule has 1 saturated heterocycles. The van der Waals surface area contributed by atoms with Gasteiger partial charge in [0.25, 0.3) is 0 Å². The van der Waals surface area contributed by atoms with Crippen LogP contribution in [0.2, 0.25) is 0 Å². The van der Waals surface area contributed by atoms with Gasteiger partial charge in [-0.25, -0.2) is 0 Å². The molecule has 2 N–H and O–H groups in total. The first-order valence-electron chi connectivity index (χ1n) is 13.2. The van der Waals surface area contributed by atoms with Crippen molar-refractivity contribution < 1.29 is 14.6 Å². The SMILES string of the molecule is Cc1c(OCCCNCCn2cccn2)cccc1-c1cccc(OCCCN2CC[C@@H](O)C2)c1C. The van der Waals surface area contributed by atoms with Gasteiger partial charge in [0, 0.05) is 38.6 Å². The molecular weight excluding hydrogens is 452 g/mol. The van der Waals surface area contributed by atoms with Crippen molar-refractivity contribution in [3.05, 3.63) is 66.0 Å². The summed E-state index contributed by atoms with van der Waals surface area (Å²) in [5.41, 5.74) is 4.66. The summed E-state index contributed by atoms with van der Waals surface area (Å²) in [5.74, 6) is 1.86. The van der Waals surface area contributed by atoms with Crippen molar-refractivity contribution >= 4 is 0 Å². The molecule has 1 aliphatic rings. The zero-order chi connectivity index (χ0) is 25.2. The largest absolute Gasteiger partial charge is 0.493 e. The molecule has 36 heavy (non-hydrogen) atoms. The molecule has 0 spiro atoms. The maximum atomic E-state index is 9.69. The van der Waals surface area contributed by atoms with Crippen LogP contribution in [0.1, 0.15) is 30.4 Å². The second-order valence-electron chi connectivity index (χ2n) is 9.52. The first-order chi connectivity index (χ1) is 17.6. The number of hydrogen-bond donors (Lipinski definition) is 2. The van der Waals surface area contributed by atoms with Crippen LogP contribution in [0.5, 0.6) is 11.5 Å². The summed E-state index contributed by atoms with van der Waals surface area (Å²) < 4.78 is 14.2. The number of hydrogen-bond acceptors (Lipinski definition) is 6. The molecule has 2 aromatic carbocycles. The predicted molar refractivity (Wildman–Crippen MR) is 144 cm³/mol. The van der Waals surface area contributed by atoms with Crippen molar-refractivity contribution in [1.82, 2.24) is 20.0 Å². The number of nitrogens with one attached hydrogen (secondary N) is 1. The lowest BCUT2D eigenvalue weighted by Crippen LogP contribution is -2.24. The fraction of sp³-hybridized carbons (Fsp3) is 0.483.